The van der Waals surface area contributed by atoms with Gasteiger partial charge in [0.05, 0.1) is 0 Å². The van der Waals surface area contributed by atoms with Gasteiger partial charge in [0.15, 0.2) is 11.0 Å². The van der Waals surface area contributed by atoms with E-state index in [1.165, 1.54) is 6.42 Å². The van der Waals surface area contributed by atoms with E-state index in [1.807, 2.05) is 24.3 Å². The number of piperidine rings is 1. The molecule has 1 fully saturated rings. The first-order chi connectivity index (χ1) is 9.79. The maximum Gasteiger partial charge on any atom is 0.159 e. The van der Waals surface area contributed by atoms with Crippen LogP contribution in [0.4, 0.5) is 5.82 Å². The van der Waals surface area contributed by atoms with Crippen molar-refractivity contribution < 1.29 is 5.11 Å². The molecule has 5 heteroatoms. The third-order valence-electron chi connectivity index (χ3n) is 3.98. The van der Waals surface area contributed by atoms with Gasteiger partial charge in [0.2, 0.25) is 0 Å². The van der Waals surface area contributed by atoms with Crippen molar-refractivity contribution in [3.63, 3.8) is 0 Å². The first kappa shape index (κ1) is 13.6. The van der Waals surface area contributed by atoms with E-state index in [0.29, 0.717) is 11.1 Å². The Morgan fingerprint density at radius 2 is 2.05 bits per heavy atom. The van der Waals surface area contributed by atoms with E-state index in [9.17, 15) is 0 Å². The second-order valence-corrected chi connectivity index (χ2v) is 5.68. The summed E-state index contributed by atoms with van der Waals surface area (Å²) < 4.78 is 0. The summed E-state index contributed by atoms with van der Waals surface area (Å²) in [5, 5.41) is 20.0. The van der Waals surface area contributed by atoms with Crippen molar-refractivity contribution in [3.05, 3.63) is 29.4 Å². The van der Waals surface area contributed by atoms with Crippen molar-refractivity contribution in [1.29, 1.82) is 0 Å². The summed E-state index contributed by atoms with van der Waals surface area (Å²) >= 11 is 6.12. The molecule has 2 aromatic rings. The fourth-order valence-corrected chi connectivity index (χ4v) is 3.17. The van der Waals surface area contributed by atoms with Gasteiger partial charge in [0.1, 0.15) is 0 Å². The number of rotatable bonds is 3. The van der Waals surface area contributed by atoms with E-state index >= 15 is 0 Å². The molecule has 0 aliphatic carbocycles. The van der Waals surface area contributed by atoms with Crippen LogP contribution in [0.25, 0.3) is 10.8 Å². The fourth-order valence-electron chi connectivity index (χ4n) is 2.97. The minimum atomic E-state index is 0.256. The Morgan fingerprint density at radius 3 is 2.85 bits per heavy atom. The van der Waals surface area contributed by atoms with Gasteiger partial charge in [-0.15, -0.1) is 10.2 Å². The molecule has 1 aromatic heterocycles. The lowest BCUT2D eigenvalue weighted by atomic mass is 9.95. The van der Waals surface area contributed by atoms with E-state index in [2.05, 4.69) is 15.1 Å². The van der Waals surface area contributed by atoms with E-state index in [4.69, 9.17) is 16.7 Å². The molecule has 20 heavy (non-hydrogen) atoms. The van der Waals surface area contributed by atoms with Crippen LogP contribution in [-0.4, -0.2) is 35.0 Å². The second kappa shape index (κ2) is 5.94. The molecule has 0 radical (unpaired) electrons. The zero-order valence-corrected chi connectivity index (χ0v) is 12.1. The lowest BCUT2D eigenvalue weighted by Crippen LogP contribution is -2.36. The second-order valence-electron chi connectivity index (χ2n) is 5.33. The smallest absolute Gasteiger partial charge is 0.159 e. The van der Waals surface area contributed by atoms with Gasteiger partial charge in [0.25, 0.3) is 0 Å². The third-order valence-corrected chi connectivity index (χ3v) is 4.26. The summed E-state index contributed by atoms with van der Waals surface area (Å²) in [7, 11) is 0. The van der Waals surface area contributed by atoms with E-state index < -0.39 is 0 Å². The number of nitrogens with zero attached hydrogens (tertiary/aromatic N) is 3. The largest absolute Gasteiger partial charge is 0.396 e. The number of fused-ring (bicyclic) bond motifs is 1. The van der Waals surface area contributed by atoms with Crippen molar-refractivity contribution >= 4 is 28.2 Å². The normalized spacial score (nSPS) is 19.5. The zero-order valence-electron chi connectivity index (χ0n) is 11.3. The highest BCUT2D eigenvalue weighted by Crippen LogP contribution is 2.31. The topological polar surface area (TPSA) is 49.2 Å². The Hall–Kier alpha value is -1.39. The lowest BCUT2D eigenvalue weighted by molar-refractivity contribution is 0.244. The summed E-state index contributed by atoms with van der Waals surface area (Å²) in [6, 6.07) is 7.98. The average Bonchev–Trinajstić information content (AvgIpc) is 2.49. The molecule has 3 rings (SSSR count). The van der Waals surface area contributed by atoms with Crippen LogP contribution in [-0.2, 0) is 0 Å². The van der Waals surface area contributed by atoms with Crippen molar-refractivity contribution in [3.8, 4) is 0 Å². The molecular formula is C15H18ClN3O. The van der Waals surface area contributed by atoms with Gasteiger partial charge in [-0.05, 0) is 25.2 Å². The highest BCUT2D eigenvalue weighted by atomic mass is 35.5. The first-order valence-electron chi connectivity index (χ1n) is 7.06. The molecule has 1 saturated heterocycles. The van der Waals surface area contributed by atoms with E-state index in [-0.39, 0.29) is 6.61 Å². The maximum atomic E-state index is 9.12. The van der Waals surface area contributed by atoms with Gasteiger partial charge in [-0.2, -0.15) is 0 Å². The molecule has 1 unspecified atom stereocenters. The Bertz CT molecular complexity index is 603. The molecule has 106 valence electrons. The number of benzene rings is 1. The van der Waals surface area contributed by atoms with Crippen molar-refractivity contribution in [2.75, 3.05) is 24.6 Å². The van der Waals surface area contributed by atoms with Crippen molar-refractivity contribution in [1.82, 2.24) is 10.2 Å². The zero-order chi connectivity index (χ0) is 13.9. The fraction of sp³-hybridized carbons (Fsp3) is 0.467. The van der Waals surface area contributed by atoms with Crippen LogP contribution < -0.4 is 4.90 Å². The molecule has 1 N–H and O–H groups in total. The molecule has 1 aliphatic rings. The molecule has 2 heterocycles. The van der Waals surface area contributed by atoms with Crippen LogP contribution in [0.15, 0.2) is 24.3 Å². The van der Waals surface area contributed by atoms with Gasteiger partial charge in [0, 0.05) is 30.5 Å². The number of anilines is 1. The van der Waals surface area contributed by atoms with Crippen LogP contribution >= 0.6 is 11.6 Å². The average molecular weight is 292 g/mol. The van der Waals surface area contributed by atoms with Crippen LogP contribution in [0, 0.1) is 5.92 Å². The van der Waals surface area contributed by atoms with E-state index in [1.54, 1.807) is 0 Å². The Morgan fingerprint density at radius 1 is 1.25 bits per heavy atom. The molecule has 0 saturated carbocycles. The van der Waals surface area contributed by atoms with Crippen molar-refractivity contribution in [2.45, 2.75) is 19.3 Å². The predicted molar refractivity (Wildman–Crippen MR) is 81.2 cm³/mol. The Labute approximate surface area is 123 Å². The van der Waals surface area contributed by atoms with Gasteiger partial charge >= 0.3 is 0 Å². The SMILES string of the molecule is OCCC1CCCN(c2nnc(Cl)c3ccccc23)C1. The minimum absolute atomic E-state index is 0.256. The summed E-state index contributed by atoms with van der Waals surface area (Å²) in [5.41, 5.74) is 0. The van der Waals surface area contributed by atoms with Gasteiger partial charge in [-0.3, -0.25) is 0 Å². The molecule has 1 atom stereocenters. The summed E-state index contributed by atoms with van der Waals surface area (Å²) in [6.45, 7) is 2.18. The molecule has 0 bridgehead atoms. The maximum absolute atomic E-state index is 9.12. The number of hydrogen-bond donors (Lipinski definition) is 1. The number of aromatic nitrogens is 2. The number of aliphatic hydroxyl groups excluding tert-OH is 1. The highest BCUT2D eigenvalue weighted by Gasteiger charge is 2.22. The quantitative estimate of drug-likeness (QED) is 0.945. The Balaban J connectivity index is 1.95. The highest BCUT2D eigenvalue weighted by molar-refractivity contribution is 6.34. The lowest BCUT2D eigenvalue weighted by Gasteiger charge is -2.33. The number of aliphatic hydroxyl groups is 1. The molecule has 0 spiro atoms. The predicted octanol–water partition coefficient (Wildman–Crippen LogP) is 2.88. The van der Waals surface area contributed by atoms with Gasteiger partial charge in [-0.1, -0.05) is 35.9 Å². The van der Waals surface area contributed by atoms with Crippen LogP contribution in [0.2, 0.25) is 5.15 Å². The van der Waals surface area contributed by atoms with Crippen LogP contribution in [0.1, 0.15) is 19.3 Å². The monoisotopic (exact) mass is 291 g/mol. The minimum Gasteiger partial charge on any atom is -0.396 e. The van der Waals surface area contributed by atoms with E-state index in [0.717, 1.165) is 42.5 Å². The molecule has 1 aliphatic heterocycles. The van der Waals surface area contributed by atoms with Gasteiger partial charge < -0.3 is 10.0 Å². The summed E-state index contributed by atoms with van der Waals surface area (Å²) in [5.74, 6) is 1.44. The van der Waals surface area contributed by atoms with Crippen molar-refractivity contribution in [2.24, 2.45) is 5.92 Å². The summed E-state index contributed by atoms with van der Waals surface area (Å²) in [6.07, 6.45) is 3.16. The summed E-state index contributed by atoms with van der Waals surface area (Å²) in [4.78, 5) is 2.27. The first-order valence-corrected chi connectivity index (χ1v) is 7.44. The molecular weight excluding hydrogens is 274 g/mol. The third kappa shape index (κ3) is 2.58. The number of halogens is 1. The van der Waals surface area contributed by atoms with Crippen LogP contribution in [0.3, 0.4) is 0 Å². The molecule has 1 aromatic carbocycles. The Kier molecular flexibility index (Phi) is 4.03. The standard InChI is InChI=1S/C15H18ClN3O/c16-14-12-5-1-2-6-13(12)15(18-17-14)19-8-3-4-11(10-19)7-9-20/h1-2,5-6,11,20H,3-4,7-10H2. The number of hydrogen-bond acceptors (Lipinski definition) is 4. The van der Waals surface area contributed by atoms with Crippen LogP contribution in [0.5, 0.6) is 0 Å². The molecule has 0 amide bonds. The molecule has 4 nitrogen and oxygen atoms in total. The van der Waals surface area contributed by atoms with Gasteiger partial charge in [-0.25, -0.2) is 0 Å².